The molecule has 1 unspecified atom stereocenters. The molecule has 0 aromatic carbocycles. The van der Waals surface area contributed by atoms with Crippen LogP contribution in [0, 0.1) is 12.8 Å². The van der Waals surface area contributed by atoms with E-state index >= 15 is 0 Å². The average Bonchev–Trinajstić information content (AvgIpc) is 3.04. The van der Waals surface area contributed by atoms with Gasteiger partial charge in [-0.2, -0.15) is 0 Å². The molecule has 0 radical (unpaired) electrons. The fraction of sp³-hybridized carbons (Fsp3) is 0.667. The summed E-state index contributed by atoms with van der Waals surface area (Å²) in [5, 5.41) is 12.8. The minimum Gasteiger partial charge on any atom is -0.456 e. The average molecular weight is 265 g/mol. The summed E-state index contributed by atoms with van der Waals surface area (Å²) in [6.07, 6.45) is 4.85. The summed E-state index contributed by atoms with van der Waals surface area (Å²) in [7, 11) is 0. The van der Waals surface area contributed by atoms with Crippen LogP contribution in [-0.2, 0) is 6.42 Å². The highest BCUT2D eigenvalue weighted by atomic mass is 16.4. The van der Waals surface area contributed by atoms with Crippen LogP contribution >= 0.6 is 0 Å². The predicted molar refractivity (Wildman–Crippen MR) is 73.1 cm³/mol. The van der Waals surface area contributed by atoms with Crippen LogP contribution < -0.4 is 5.32 Å². The predicted octanol–water partition coefficient (Wildman–Crippen LogP) is 2.43. The van der Waals surface area contributed by atoms with Crippen LogP contribution in [0.1, 0.15) is 54.5 Å². The van der Waals surface area contributed by atoms with Crippen LogP contribution in [0.2, 0.25) is 0 Å². The number of rotatable bonds is 5. The molecular weight excluding hydrogens is 242 g/mol. The summed E-state index contributed by atoms with van der Waals surface area (Å²) < 4.78 is 5.49. The van der Waals surface area contributed by atoms with E-state index in [1.54, 1.807) is 0 Å². The van der Waals surface area contributed by atoms with E-state index in [0.29, 0.717) is 18.2 Å². The molecule has 1 aliphatic carbocycles. The number of aliphatic hydroxyl groups excluding tert-OH is 1. The summed E-state index contributed by atoms with van der Waals surface area (Å²) in [6.45, 7) is 4.17. The maximum atomic E-state index is 12.0. The molecule has 1 aromatic rings. The monoisotopic (exact) mass is 265 g/mol. The highest BCUT2D eigenvalue weighted by Gasteiger charge is 2.24. The number of amides is 1. The van der Waals surface area contributed by atoms with Crippen molar-refractivity contribution in [3.8, 4) is 0 Å². The molecule has 0 bridgehead atoms. The lowest BCUT2D eigenvalue weighted by molar-refractivity contribution is 0.0816. The maximum absolute atomic E-state index is 12.0. The second-order valence-corrected chi connectivity index (χ2v) is 5.40. The van der Waals surface area contributed by atoms with Crippen LogP contribution in [0.4, 0.5) is 0 Å². The number of nitrogens with one attached hydrogen (secondary N) is 1. The van der Waals surface area contributed by atoms with Crippen molar-refractivity contribution in [2.24, 2.45) is 5.92 Å². The minimum atomic E-state index is -0.438. The molecule has 4 heteroatoms. The third-order valence-corrected chi connectivity index (χ3v) is 3.94. The van der Waals surface area contributed by atoms with Gasteiger partial charge in [0.1, 0.15) is 5.76 Å². The van der Waals surface area contributed by atoms with Gasteiger partial charge in [-0.15, -0.1) is 0 Å². The third-order valence-electron chi connectivity index (χ3n) is 3.94. The van der Waals surface area contributed by atoms with Crippen LogP contribution in [-0.4, -0.2) is 23.7 Å². The van der Waals surface area contributed by atoms with Gasteiger partial charge in [-0.25, -0.2) is 0 Å². The SMILES string of the molecule is CCc1cc(C)c(C(=O)NCC(O)C2CCCC2)o1. The molecule has 0 saturated heterocycles. The Labute approximate surface area is 114 Å². The van der Waals surface area contributed by atoms with E-state index in [9.17, 15) is 9.90 Å². The van der Waals surface area contributed by atoms with Gasteiger partial charge in [0.2, 0.25) is 0 Å². The number of hydrogen-bond acceptors (Lipinski definition) is 3. The molecule has 0 spiro atoms. The Kier molecular flexibility index (Phi) is 4.64. The number of carbonyl (C=O) groups is 1. The molecule has 1 saturated carbocycles. The zero-order valence-electron chi connectivity index (χ0n) is 11.7. The van der Waals surface area contributed by atoms with E-state index in [-0.39, 0.29) is 5.91 Å². The molecule has 1 atom stereocenters. The number of hydrogen-bond donors (Lipinski definition) is 2. The van der Waals surface area contributed by atoms with Gasteiger partial charge in [0.25, 0.3) is 5.91 Å². The first-order chi connectivity index (χ1) is 9.11. The van der Waals surface area contributed by atoms with Crippen molar-refractivity contribution in [2.75, 3.05) is 6.54 Å². The van der Waals surface area contributed by atoms with Gasteiger partial charge in [0.05, 0.1) is 6.10 Å². The summed E-state index contributed by atoms with van der Waals surface area (Å²) in [5.74, 6) is 1.30. The Morgan fingerprint density at radius 2 is 2.21 bits per heavy atom. The van der Waals surface area contributed by atoms with Crippen molar-refractivity contribution >= 4 is 5.91 Å². The first-order valence-corrected chi connectivity index (χ1v) is 7.17. The first-order valence-electron chi connectivity index (χ1n) is 7.17. The van der Waals surface area contributed by atoms with E-state index in [0.717, 1.165) is 30.6 Å². The van der Waals surface area contributed by atoms with Crippen molar-refractivity contribution in [3.05, 3.63) is 23.2 Å². The van der Waals surface area contributed by atoms with Crippen LogP contribution in [0.25, 0.3) is 0 Å². The van der Waals surface area contributed by atoms with E-state index < -0.39 is 6.10 Å². The van der Waals surface area contributed by atoms with Crippen LogP contribution in [0.5, 0.6) is 0 Å². The van der Waals surface area contributed by atoms with E-state index in [4.69, 9.17) is 4.42 Å². The second kappa shape index (κ2) is 6.24. The molecular formula is C15H23NO3. The number of carbonyl (C=O) groups excluding carboxylic acids is 1. The van der Waals surface area contributed by atoms with Crippen molar-refractivity contribution in [3.63, 3.8) is 0 Å². The normalized spacial score (nSPS) is 17.6. The van der Waals surface area contributed by atoms with Gasteiger partial charge in [-0.05, 0) is 31.7 Å². The lowest BCUT2D eigenvalue weighted by Crippen LogP contribution is -2.35. The number of aryl methyl sites for hydroxylation is 2. The number of aliphatic hydroxyl groups is 1. The molecule has 1 aliphatic rings. The fourth-order valence-corrected chi connectivity index (χ4v) is 2.73. The quantitative estimate of drug-likeness (QED) is 0.859. The molecule has 1 aromatic heterocycles. The van der Waals surface area contributed by atoms with E-state index in [1.807, 2.05) is 19.9 Å². The van der Waals surface area contributed by atoms with Crippen LogP contribution in [0.3, 0.4) is 0 Å². The second-order valence-electron chi connectivity index (χ2n) is 5.40. The van der Waals surface area contributed by atoms with Gasteiger partial charge in [-0.3, -0.25) is 4.79 Å². The molecule has 19 heavy (non-hydrogen) atoms. The maximum Gasteiger partial charge on any atom is 0.287 e. The molecule has 2 rings (SSSR count). The first kappa shape index (κ1) is 14.1. The van der Waals surface area contributed by atoms with Gasteiger partial charge in [0, 0.05) is 18.5 Å². The summed E-state index contributed by atoms with van der Waals surface area (Å²) in [4.78, 5) is 12.0. The van der Waals surface area contributed by atoms with Crippen molar-refractivity contribution < 1.29 is 14.3 Å². The third kappa shape index (κ3) is 3.38. The molecule has 2 N–H and O–H groups in total. The van der Waals surface area contributed by atoms with E-state index in [2.05, 4.69) is 5.32 Å². The zero-order valence-corrected chi connectivity index (χ0v) is 11.7. The number of furan rings is 1. The Balaban J connectivity index is 1.88. The largest absolute Gasteiger partial charge is 0.456 e. The molecule has 0 aliphatic heterocycles. The lowest BCUT2D eigenvalue weighted by Gasteiger charge is -2.17. The Hall–Kier alpha value is -1.29. The lowest BCUT2D eigenvalue weighted by atomic mass is 10.0. The van der Waals surface area contributed by atoms with Gasteiger partial charge in [0.15, 0.2) is 5.76 Å². The van der Waals surface area contributed by atoms with Crippen molar-refractivity contribution in [1.29, 1.82) is 0 Å². The van der Waals surface area contributed by atoms with Gasteiger partial charge < -0.3 is 14.8 Å². The van der Waals surface area contributed by atoms with Crippen molar-refractivity contribution in [2.45, 2.75) is 52.1 Å². The molecule has 1 fully saturated rings. The molecule has 106 valence electrons. The molecule has 4 nitrogen and oxygen atoms in total. The summed E-state index contributed by atoms with van der Waals surface area (Å²) in [5.41, 5.74) is 0.852. The highest BCUT2D eigenvalue weighted by Crippen LogP contribution is 2.27. The van der Waals surface area contributed by atoms with E-state index in [1.165, 1.54) is 12.8 Å². The Morgan fingerprint density at radius 1 is 1.53 bits per heavy atom. The van der Waals surface area contributed by atoms with Crippen molar-refractivity contribution in [1.82, 2.24) is 5.32 Å². The van der Waals surface area contributed by atoms with Crippen LogP contribution in [0.15, 0.2) is 10.5 Å². The fourth-order valence-electron chi connectivity index (χ4n) is 2.73. The molecule has 1 heterocycles. The standard InChI is InChI=1S/C15H23NO3/c1-3-12-8-10(2)14(19-12)15(18)16-9-13(17)11-6-4-5-7-11/h8,11,13,17H,3-7,9H2,1-2H3,(H,16,18). The van der Waals surface area contributed by atoms with Gasteiger partial charge >= 0.3 is 0 Å². The summed E-state index contributed by atoms with van der Waals surface area (Å²) >= 11 is 0. The summed E-state index contributed by atoms with van der Waals surface area (Å²) in [6, 6.07) is 1.89. The van der Waals surface area contributed by atoms with Gasteiger partial charge in [-0.1, -0.05) is 19.8 Å². The Bertz CT molecular complexity index is 433. The smallest absolute Gasteiger partial charge is 0.287 e. The highest BCUT2D eigenvalue weighted by molar-refractivity contribution is 5.92. The topological polar surface area (TPSA) is 62.5 Å². The zero-order chi connectivity index (χ0) is 13.8. The molecule has 1 amide bonds. The Morgan fingerprint density at radius 3 is 2.79 bits per heavy atom. The minimum absolute atomic E-state index is 0.228.